The average molecular weight is 405 g/mol. The maximum Gasteiger partial charge on any atom is 0.0648 e. The van der Waals surface area contributed by atoms with Crippen molar-refractivity contribution in [3.63, 3.8) is 0 Å². The number of hydrogen-bond acceptors (Lipinski definition) is 2. The highest BCUT2D eigenvalue weighted by molar-refractivity contribution is 5.06. The standard InChI is InChI=1S/C27H48O2/c1-5-27(29)17-14-21-19(18-27)9-11-23-22(21)13-16-26(4)20(10-12-24(23)26)8-6-7-15-25(2,3)28/h19-24,28-29H,5-18H2,1-4H3/t19-,20-,21-,22+,23+,24-,26+,27-/m0/s1. The Bertz CT molecular complexity index is 565. The topological polar surface area (TPSA) is 40.5 Å². The van der Waals surface area contributed by atoms with Crippen LogP contribution in [0.25, 0.3) is 0 Å². The summed E-state index contributed by atoms with van der Waals surface area (Å²) in [5.74, 6) is 5.54. The number of fused-ring (bicyclic) bond motifs is 5. The molecular weight excluding hydrogens is 356 g/mol. The van der Waals surface area contributed by atoms with Crippen LogP contribution in [0.4, 0.5) is 0 Å². The van der Waals surface area contributed by atoms with Gasteiger partial charge in [-0.15, -0.1) is 0 Å². The summed E-state index contributed by atoms with van der Waals surface area (Å²) in [4.78, 5) is 0. The number of rotatable bonds is 6. The molecule has 168 valence electrons. The molecule has 4 aliphatic rings. The summed E-state index contributed by atoms with van der Waals surface area (Å²) >= 11 is 0. The molecule has 0 heterocycles. The third-order valence-electron chi connectivity index (χ3n) is 10.5. The van der Waals surface area contributed by atoms with Crippen LogP contribution in [0, 0.1) is 40.9 Å². The first kappa shape index (κ1) is 22.1. The van der Waals surface area contributed by atoms with Crippen LogP contribution in [-0.4, -0.2) is 21.4 Å². The lowest BCUT2D eigenvalue weighted by atomic mass is 9.48. The number of aliphatic hydroxyl groups is 2. The fraction of sp³-hybridized carbons (Fsp3) is 1.00. The molecule has 4 fully saturated rings. The van der Waals surface area contributed by atoms with Gasteiger partial charge in [0, 0.05) is 0 Å². The molecule has 2 heteroatoms. The molecule has 4 aliphatic carbocycles. The monoisotopic (exact) mass is 404 g/mol. The van der Waals surface area contributed by atoms with Crippen LogP contribution < -0.4 is 0 Å². The summed E-state index contributed by atoms with van der Waals surface area (Å²) in [6.07, 6.45) is 17.9. The highest BCUT2D eigenvalue weighted by Crippen LogP contribution is 2.65. The van der Waals surface area contributed by atoms with Gasteiger partial charge in [0.05, 0.1) is 11.2 Å². The predicted molar refractivity (Wildman–Crippen MR) is 121 cm³/mol. The van der Waals surface area contributed by atoms with Gasteiger partial charge in [0.2, 0.25) is 0 Å². The van der Waals surface area contributed by atoms with Gasteiger partial charge < -0.3 is 10.2 Å². The second kappa shape index (κ2) is 8.12. The third kappa shape index (κ3) is 4.32. The first-order valence-electron chi connectivity index (χ1n) is 13.1. The van der Waals surface area contributed by atoms with Gasteiger partial charge in [-0.25, -0.2) is 0 Å². The summed E-state index contributed by atoms with van der Waals surface area (Å²) in [7, 11) is 0. The minimum atomic E-state index is -0.497. The van der Waals surface area contributed by atoms with Gasteiger partial charge in [0.15, 0.2) is 0 Å². The molecule has 8 atom stereocenters. The van der Waals surface area contributed by atoms with Crippen molar-refractivity contribution >= 4 is 0 Å². The third-order valence-corrected chi connectivity index (χ3v) is 10.5. The lowest BCUT2D eigenvalue weighted by Crippen LogP contribution is -2.50. The Labute approximate surface area is 180 Å². The van der Waals surface area contributed by atoms with E-state index in [1.165, 1.54) is 64.2 Å². The number of unbranched alkanes of at least 4 members (excludes halogenated alkanes) is 1. The number of hydrogen-bond donors (Lipinski definition) is 2. The molecule has 0 saturated heterocycles. The van der Waals surface area contributed by atoms with Crippen LogP contribution in [0.15, 0.2) is 0 Å². The van der Waals surface area contributed by atoms with E-state index in [0.29, 0.717) is 5.41 Å². The van der Waals surface area contributed by atoms with Gasteiger partial charge in [-0.1, -0.05) is 26.7 Å². The minimum Gasteiger partial charge on any atom is -0.390 e. The Morgan fingerprint density at radius 2 is 1.66 bits per heavy atom. The highest BCUT2D eigenvalue weighted by Gasteiger charge is 2.57. The maximum absolute atomic E-state index is 10.9. The first-order valence-corrected chi connectivity index (χ1v) is 13.1. The Balaban J connectivity index is 1.37. The Kier molecular flexibility index (Phi) is 6.19. The van der Waals surface area contributed by atoms with Gasteiger partial charge in [-0.05, 0) is 132 Å². The van der Waals surface area contributed by atoms with E-state index in [4.69, 9.17) is 0 Å². The molecule has 0 spiro atoms. The lowest BCUT2D eigenvalue weighted by molar-refractivity contribution is -0.107. The van der Waals surface area contributed by atoms with Gasteiger partial charge in [0.1, 0.15) is 0 Å². The summed E-state index contributed by atoms with van der Waals surface area (Å²) in [5.41, 5.74) is -0.261. The summed E-state index contributed by atoms with van der Waals surface area (Å²) in [6, 6.07) is 0. The molecule has 0 unspecified atom stereocenters. The smallest absolute Gasteiger partial charge is 0.0648 e. The highest BCUT2D eigenvalue weighted by atomic mass is 16.3. The molecule has 2 nitrogen and oxygen atoms in total. The fourth-order valence-electron chi connectivity index (χ4n) is 8.81. The van der Waals surface area contributed by atoms with Crippen molar-refractivity contribution in [3.8, 4) is 0 Å². The van der Waals surface area contributed by atoms with Crippen molar-refractivity contribution in [2.45, 2.75) is 129 Å². The largest absolute Gasteiger partial charge is 0.390 e. The van der Waals surface area contributed by atoms with E-state index >= 15 is 0 Å². The van der Waals surface area contributed by atoms with Crippen LogP contribution in [0.1, 0.15) is 118 Å². The zero-order valence-corrected chi connectivity index (χ0v) is 19.8. The van der Waals surface area contributed by atoms with Gasteiger partial charge in [0.25, 0.3) is 0 Å². The predicted octanol–water partition coefficient (Wildman–Crippen LogP) is 6.73. The van der Waals surface area contributed by atoms with Crippen LogP contribution >= 0.6 is 0 Å². The van der Waals surface area contributed by atoms with Crippen LogP contribution in [0.3, 0.4) is 0 Å². The zero-order valence-electron chi connectivity index (χ0n) is 19.8. The molecule has 0 bridgehead atoms. The normalized spacial score (nSPS) is 47.4. The molecular formula is C27H48O2. The maximum atomic E-state index is 10.9. The molecule has 0 aromatic carbocycles. The van der Waals surface area contributed by atoms with Crippen LogP contribution in [0.5, 0.6) is 0 Å². The second-order valence-corrected chi connectivity index (χ2v) is 12.6. The molecule has 0 aromatic rings. The van der Waals surface area contributed by atoms with Crippen molar-refractivity contribution in [3.05, 3.63) is 0 Å². The molecule has 0 aliphatic heterocycles. The van der Waals surface area contributed by atoms with Gasteiger partial charge in [-0.3, -0.25) is 0 Å². The van der Waals surface area contributed by atoms with Crippen molar-refractivity contribution < 1.29 is 10.2 Å². The summed E-state index contributed by atoms with van der Waals surface area (Å²) in [5, 5.41) is 20.9. The van der Waals surface area contributed by atoms with Crippen LogP contribution in [0.2, 0.25) is 0 Å². The fourth-order valence-corrected chi connectivity index (χ4v) is 8.81. The van der Waals surface area contributed by atoms with E-state index in [0.717, 1.165) is 61.2 Å². The molecule has 0 radical (unpaired) electrons. The Morgan fingerprint density at radius 3 is 2.38 bits per heavy atom. The van der Waals surface area contributed by atoms with E-state index < -0.39 is 5.60 Å². The van der Waals surface area contributed by atoms with E-state index in [2.05, 4.69) is 13.8 Å². The molecule has 4 rings (SSSR count). The SMILES string of the molecule is CC[C@]1(O)CC[C@H]2[C@@H](CC[C@@H]3[C@@H]2CC[C@]2(C)[C@@H](CCCCC(C)(C)O)CC[C@@H]32)C1. The zero-order chi connectivity index (χ0) is 20.9. The minimum absolute atomic E-state index is 0.348. The second-order valence-electron chi connectivity index (χ2n) is 12.6. The molecule has 0 aromatic heterocycles. The molecule has 2 N–H and O–H groups in total. The van der Waals surface area contributed by atoms with Crippen molar-refractivity contribution in [2.75, 3.05) is 0 Å². The first-order chi connectivity index (χ1) is 13.7. The Morgan fingerprint density at radius 1 is 0.897 bits per heavy atom. The van der Waals surface area contributed by atoms with E-state index in [-0.39, 0.29) is 5.60 Å². The van der Waals surface area contributed by atoms with Crippen molar-refractivity contribution in [2.24, 2.45) is 40.9 Å². The van der Waals surface area contributed by atoms with E-state index in [9.17, 15) is 10.2 Å². The molecule has 29 heavy (non-hydrogen) atoms. The van der Waals surface area contributed by atoms with Crippen molar-refractivity contribution in [1.29, 1.82) is 0 Å². The van der Waals surface area contributed by atoms with E-state index in [1.807, 2.05) is 13.8 Å². The van der Waals surface area contributed by atoms with Crippen molar-refractivity contribution in [1.82, 2.24) is 0 Å². The molecule has 4 saturated carbocycles. The Hall–Kier alpha value is -0.0800. The van der Waals surface area contributed by atoms with E-state index in [1.54, 1.807) is 0 Å². The van der Waals surface area contributed by atoms with Gasteiger partial charge in [-0.2, -0.15) is 0 Å². The quantitative estimate of drug-likeness (QED) is 0.482. The summed E-state index contributed by atoms with van der Waals surface area (Å²) in [6.45, 7) is 8.73. The lowest BCUT2D eigenvalue weighted by Gasteiger charge is -2.57. The van der Waals surface area contributed by atoms with Crippen LogP contribution in [-0.2, 0) is 0 Å². The average Bonchev–Trinajstić information content (AvgIpc) is 3.00. The van der Waals surface area contributed by atoms with Gasteiger partial charge >= 0.3 is 0 Å². The summed E-state index contributed by atoms with van der Waals surface area (Å²) < 4.78 is 0. The molecule has 0 amide bonds.